The summed E-state index contributed by atoms with van der Waals surface area (Å²) in [6.45, 7) is 0.440. The van der Waals surface area contributed by atoms with Crippen molar-refractivity contribution in [2.75, 3.05) is 11.6 Å². The molecule has 1 atom stereocenters. The lowest BCUT2D eigenvalue weighted by molar-refractivity contribution is -0.140. The standard InChI is InChI=1S/C10H12N2O3S2/c13-9(14)8-5-17-6-12(8)10(15)11-3-7-1-2-16-4-7/h1-2,4,8H,3,5-6H2,(H,11,15)(H,13,14)/t8-/m0/s1. The third kappa shape index (κ3) is 2.92. The summed E-state index contributed by atoms with van der Waals surface area (Å²) in [5, 5.41) is 15.6. The third-order valence-electron chi connectivity index (χ3n) is 2.45. The van der Waals surface area contributed by atoms with Gasteiger partial charge in [-0.25, -0.2) is 9.59 Å². The van der Waals surface area contributed by atoms with E-state index in [2.05, 4.69) is 5.32 Å². The van der Waals surface area contributed by atoms with E-state index in [0.29, 0.717) is 18.2 Å². The van der Waals surface area contributed by atoms with Crippen LogP contribution >= 0.6 is 23.1 Å². The summed E-state index contributed by atoms with van der Waals surface area (Å²) in [4.78, 5) is 24.1. The number of hydrogen-bond donors (Lipinski definition) is 2. The lowest BCUT2D eigenvalue weighted by Crippen LogP contribution is -2.46. The molecule has 2 amide bonds. The molecule has 1 aliphatic rings. The van der Waals surface area contributed by atoms with Gasteiger partial charge in [-0.05, 0) is 22.4 Å². The molecule has 0 unspecified atom stereocenters. The van der Waals surface area contributed by atoms with Crippen molar-refractivity contribution in [3.63, 3.8) is 0 Å². The van der Waals surface area contributed by atoms with E-state index in [4.69, 9.17) is 5.11 Å². The molecule has 0 bridgehead atoms. The highest BCUT2D eigenvalue weighted by atomic mass is 32.2. The second-order valence-electron chi connectivity index (χ2n) is 3.61. The molecule has 0 spiro atoms. The van der Waals surface area contributed by atoms with Gasteiger partial charge < -0.3 is 15.3 Å². The lowest BCUT2D eigenvalue weighted by Gasteiger charge is -2.20. The third-order valence-corrected chi connectivity index (χ3v) is 4.20. The van der Waals surface area contributed by atoms with Crippen molar-refractivity contribution in [2.24, 2.45) is 0 Å². The number of nitrogens with one attached hydrogen (secondary N) is 1. The van der Waals surface area contributed by atoms with E-state index in [-0.39, 0.29) is 6.03 Å². The van der Waals surface area contributed by atoms with E-state index >= 15 is 0 Å². The van der Waals surface area contributed by atoms with Crippen LogP contribution in [0.1, 0.15) is 5.56 Å². The Morgan fingerprint density at radius 2 is 2.41 bits per heavy atom. The minimum Gasteiger partial charge on any atom is -0.480 e. The van der Waals surface area contributed by atoms with Gasteiger partial charge in [-0.1, -0.05) is 0 Å². The minimum absolute atomic E-state index is 0.311. The van der Waals surface area contributed by atoms with Gasteiger partial charge in [-0.2, -0.15) is 11.3 Å². The average Bonchev–Trinajstić information content (AvgIpc) is 2.96. The average molecular weight is 272 g/mol. The molecule has 1 fully saturated rings. The van der Waals surface area contributed by atoms with Crippen LogP contribution in [-0.2, 0) is 11.3 Å². The molecular weight excluding hydrogens is 260 g/mol. The van der Waals surface area contributed by atoms with Gasteiger partial charge in [0.25, 0.3) is 0 Å². The predicted octanol–water partition coefficient (Wildman–Crippen LogP) is 1.42. The fourth-order valence-electron chi connectivity index (χ4n) is 1.52. The molecule has 1 aromatic heterocycles. The number of hydrogen-bond acceptors (Lipinski definition) is 4. The first-order valence-corrected chi connectivity index (χ1v) is 7.14. The summed E-state index contributed by atoms with van der Waals surface area (Å²) in [7, 11) is 0. The van der Waals surface area contributed by atoms with Crippen molar-refractivity contribution in [3.05, 3.63) is 22.4 Å². The molecule has 2 rings (SSSR count). The minimum atomic E-state index is -0.944. The summed E-state index contributed by atoms with van der Waals surface area (Å²) >= 11 is 3.02. The summed E-state index contributed by atoms with van der Waals surface area (Å²) in [6, 6.07) is 0.911. The van der Waals surface area contributed by atoms with Gasteiger partial charge in [0.15, 0.2) is 0 Å². The van der Waals surface area contributed by atoms with Crippen LogP contribution in [-0.4, -0.2) is 39.7 Å². The van der Waals surface area contributed by atoms with E-state index < -0.39 is 12.0 Å². The zero-order valence-corrected chi connectivity index (χ0v) is 10.6. The second kappa shape index (κ2) is 5.42. The molecule has 1 saturated heterocycles. The largest absolute Gasteiger partial charge is 0.480 e. The summed E-state index contributed by atoms with van der Waals surface area (Å²) in [6.07, 6.45) is 0. The van der Waals surface area contributed by atoms with Crippen molar-refractivity contribution in [1.82, 2.24) is 10.2 Å². The first kappa shape index (κ1) is 12.3. The van der Waals surface area contributed by atoms with Crippen molar-refractivity contribution >= 4 is 35.1 Å². The van der Waals surface area contributed by atoms with E-state index in [9.17, 15) is 9.59 Å². The highest BCUT2D eigenvalue weighted by Crippen LogP contribution is 2.21. The van der Waals surface area contributed by atoms with E-state index in [1.165, 1.54) is 16.7 Å². The number of thiophene rings is 1. The first-order valence-electron chi connectivity index (χ1n) is 5.04. The van der Waals surface area contributed by atoms with E-state index in [1.54, 1.807) is 11.3 Å². The SMILES string of the molecule is O=C(O)[C@@H]1CSCN1C(=O)NCc1ccsc1. The number of aliphatic carboxylic acids is 1. The van der Waals surface area contributed by atoms with Crippen LogP contribution in [0.5, 0.6) is 0 Å². The number of rotatable bonds is 3. The van der Waals surface area contributed by atoms with Crippen molar-refractivity contribution in [3.8, 4) is 0 Å². The molecule has 0 aliphatic carbocycles. The van der Waals surface area contributed by atoms with Crippen LogP contribution in [0.25, 0.3) is 0 Å². The zero-order valence-electron chi connectivity index (χ0n) is 8.96. The first-order chi connectivity index (χ1) is 8.18. The number of thioether (sulfide) groups is 1. The van der Waals surface area contributed by atoms with Gasteiger partial charge in [-0.15, -0.1) is 11.8 Å². The Hall–Kier alpha value is -1.21. The molecule has 92 valence electrons. The van der Waals surface area contributed by atoms with Crippen LogP contribution in [0.4, 0.5) is 4.79 Å². The highest BCUT2D eigenvalue weighted by molar-refractivity contribution is 7.99. The van der Waals surface area contributed by atoms with Gasteiger partial charge in [0.1, 0.15) is 6.04 Å². The number of carboxylic acids is 1. The van der Waals surface area contributed by atoms with Gasteiger partial charge in [-0.3, -0.25) is 0 Å². The van der Waals surface area contributed by atoms with Crippen molar-refractivity contribution in [2.45, 2.75) is 12.6 Å². The van der Waals surface area contributed by atoms with E-state index in [0.717, 1.165) is 5.56 Å². The monoisotopic (exact) mass is 272 g/mol. The summed E-state index contributed by atoms with van der Waals surface area (Å²) < 4.78 is 0. The molecule has 1 aromatic rings. The topological polar surface area (TPSA) is 69.6 Å². The molecule has 0 aromatic carbocycles. The molecule has 2 heterocycles. The van der Waals surface area contributed by atoms with Crippen LogP contribution in [0, 0.1) is 0 Å². The number of urea groups is 1. The number of carbonyl (C=O) groups is 2. The molecular formula is C10H12N2O3S2. The normalized spacial score (nSPS) is 19.3. The Bertz CT molecular complexity index is 408. The Labute approximate surface area is 107 Å². The van der Waals surface area contributed by atoms with Gasteiger partial charge in [0.05, 0.1) is 5.88 Å². The Morgan fingerprint density at radius 3 is 3.06 bits per heavy atom. The molecule has 0 saturated carbocycles. The lowest BCUT2D eigenvalue weighted by atomic mass is 10.3. The molecule has 2 N–H and O–H groups in total. The Morgan fingerprint density at radius 1 is 1.59 bits per heavy atom. The second-order valence-corrected chi connectivity index (χ2v) is 5.39. The fraction of sp³-hybridized carbons (Fsp3) is 0.400. The van der Waals surface area contributed by atoms with Crippen molar-refractivity contribution < 1.29 is 14.7 Å². The smallest absolute Gasteiger partial charge is 0.327 e. The fourth-order valence-corrected chi connectivity index (χ4v) is 3.33. The maximum atomic E-state index is 11.8. The summed E-state index contributed by atoms with van der Waals surface area (Å²) in [5.74, 6) is -0.0473. The number of nitrogens with zero attached hydrogens (tertiary/aromatic N) is 1. The molecule has 7 heteroatoms. The molecule has 1 aliphatic heterocycles. The van der Waals surface area contributed by atoms with Gasteiger partial charge in [0, 0.05) is 12.3 Å². The van der Waals surface area contributed by atoms with Crippen LogP contribution in [0.2, 0.25) is 0 Å². The maximum absolute atomic E-state index is 11.8. The predicted molar refractivity (Wildman–Crippen MR) is 67.1 cm³/mol. The number of carbonyl (C=O) groups excluding carboxylic acids is 1. The quantitative estimate of drug-likeness (QED) is 0.873. The number of amides is 2. The van der Waals surface area contributed by atoms with Crippen molar-refractivity contribution in [1.29, 1.82) is 0 Å². The van der Waals surface area contributed by atoms with E-state index in [1.807, 2.05) is 16.8 Å². The molecule has 0 radical (unpaired) electrons. The highest BCUT2D eigenvalue weighted by Gasteiger charge is 2.34. The zero-order chi connectivity index (χ0) is 12.3. The van der Waals surface area contributed by atoms with Crippen LogP contribution in [0.3, 0.4) is 0 Å². The Kier molecular flexibility index (Phi) is 3.90. The van der Waals surface area contributed by atoms with Gasteiger partial charge >= 0.3 is 12.0 Å². The number of carboxylic acid groups (broad SMARTS) is 1. The summed E-state index contributed by atoms with van der Waals surface area (Å²) in [5.41, 5.74) is 1.03. The van der Waals surface area contributed by atoms with Crippen LogP contribution < -0.4 is 5.32 Å². The van der Waals surface area contributed by atoms with Crippen LogP contribution in [0.15, 0.2) is 16.8 Å². The van der Waals surface area contributed by atoms with Gasteiger partial charge in [0.2, 0.25) is 0 Å². The molecule has 17 heavy (non-hydrogen) atoms. The Balaban J connectivity index is 1.89. The molecule has 5 nitrogen and oxygen atoms in total. The maximum Gasteiger partial charge on any atom is 0.327 e.